The fourth-order valence-corrected chi connectivity index (χ4v) is 3.66. The molecule has 0 aliphatic carbocycles. The molecular formula is C24H18ClN2O4-. The van der Waals surface area contributed by atoms with Crippen LogP contribution >= 0.6 is 11.6 Å². The van der Waals surface area contributed by atoms with Crippen LogP contribution in [0.4, 0.5) is 5.69 Å². The lowest BCUT2D eigenvalue weighted by Crippen LogP contribution is -2.09. The van der Waals surface area contributed by atoms with Gasteiger partial charge in [0.1, 0.15) is 0 Å². The first-order valence-electron chi connectivity index (χ1n) is 9.46. The lowest BCUT2D eigenvalue weighted by Gasteiger charge is -2.24. The lowest BCUT2D eigenvalue weighted by molar-refractivity contribution is -0.131. The van der Waals surface area contributed by atoms with Crippen molar-refractivity contribution in [3.05, 3.63) is 89.1 Å². The number of anilines is 1. The van der Waals surface area contributed by atoms with Gasteiger partial charge in [0.05, 0.1) is 21.9 Å². The second kappa shape index (κ2) is 8.65. The highest BCUT2D eigenvalue weighted by Crippen LogP contribution is 2.42. The van der Waals surface area contributed by atoms with Crippen LogP contribution in [-0.4, -0.2) is 16.2 Å². The number of carbonyl (C=O) groups excluding carboxylic acids is 1. The Balaban J connectivity index is 1.96. The summed E-state index contributed by atoms with van der Waals surface area (Å²) in [6.07, 6.45) is 1.69. The molecule has 4 rings (SSSR count). The summed E-state index contributed by atoms with van der Waals surface area (Å²) in [6.45, 7) is 1.32. The summed E-state index contributed by atoms with van der Waals surface area (Å²) in [4.78, 5) is 15.0. The minimum absolute atomic E-state index is 0.0417. The van der Waals surface area contributed by atoms with E-state index in [1.54, 1.807) is 12.1 Å². The lowest BCUT2D eigenvalue weighted by atomic mass is 10.1. The van der Waals surface area contributed by atoms with E-state index in [1.807, 2.05) is 60.7 Å². The maximum Gasteiger partial charge on any atom is 0.308 e. The molecule has 0 spiro atoms. The van der Waals surface area contributed by atoms with Gasteiger partial charge in [-0.15, -0.1) is 0 Å². The van der Waals surface area contributed by atoms with Crippen LogP contribution in [0.15, 0.2) is 72.8 Å². The number of aromatic amines is 1. The fourth-order valence-electron chi connectivity index (χ4n) is 3.39. The van der Waals surface area contributed by atoms with E-state index in [0.29, 0.717) is 27.9 Å². The number of fused-ring (bicyclic) bond motifs is 1. The van der Waals surface area contributed by atoms with Crippen LogP contribution < -0.4 is 9.96 Å². The Bertz CT molecular complexity index is 1270. The van der Waals surface area contributed by atoms with Gasteiger partial charge in [0.15, 0.2) is 5.75 Å². The van der Waals surface area contributed by atoms with Crippen LogP contribution in [0.5, 0.6) is 5.75 Å². The summed E-state index contributed by atoms with van der Waals surface area (Å²) in [5.74, 6) is -0.164. The number of nitrogens with zero attached hydrogens (tertiary/aromatic N) is 1. The molecule has 0 saturated carbocycles. The molecule has 2 N–H and O–H groups in total. The predicted molar refractivity (Wildman–Crippen MR) is 123 cm³/mol. The maximum atomic E-state index is 11.9. The normalized spacial score (nSPS) is 11.5. The molecule has 1 aromatic heterocycles. The molecule has 0 unspecified atom stereocenters. The minimum Gasteiger partial charge on any atom is -0.733 e. The van der Waals surface area contributed by atoms with Crippen LogP contribution in [0, 0.1) is 5.21 Å². The standard InChI is InChI=1S/C24H18ClN2O4/c1-15(28)31-24-19-13-18(20(25)12-16-8-4-2-5-9-16)22(27(29)30)14-21(19)26-23(24)17-10-6-3-7-11-17/h2-14,26,29H,1H3/q-1/b20-12-. The highest BCUT2D eigenvalue weighted by Gasteiger charge is 2.20. The zero-order chi connectivity index (χ0) is 22.0. The van der Waals surface area contributed by atoms with E-state index in [2.05, 4.69) is 4.98 Å². The summed E-state index contributed by atoms with van der Waals surface area (Å²) in [6, 6.07) is 21.8. The smallest absolute Gasteiger partial charge is 0.308 e. The van der Waals surface area contributed by atoms with Gasteiger partial charge in [-0.05, 0) is 23.8 Å². The van der Waals surface area contributed by atoms with Crippen molar-refractivity contribution in [3.63, 3.8) is 0 Å². The van der Waals surface area contributed by atoms with Crippen molar-refractivity contribution in [2.45, 2.75) is 6.92 Å². The number of nitrogens with one attached hydrogen (secondary N) is 1. The van der Waals surface area contributed by atoms with Crippen LogP contribution in [0.25, 0.3) is 33.3 Å². The Morgan fingerprint density at radius 2 is 1.74 bits per heavy atom. The van der Waals surface area contributed by atoms with Crippen LogP contribution in [0.3, 0.4) is 0 Å². The molecule has 4 aromatic rings. The Labute approximate surface area is 183 Å². The summed E-state index contributed by atoms with van der Waals surface area (Å²) in [5.41, 5.74) is 2.96. The number of hydrogen-bond donors (Lipinski definition) is 2. The van der Waals surface area contributed by atoms with Gasteiger partial charge >= 0.3 is 5.97 Å². The predicted octanol–water partition coefficient (Wildman–Crippen LogP) is 6.19. The summed E-state index contributed by atoms with van der Waals surface area (Å²) >= 11 is 6.54. The molecule has 0 aliphatic rings. The molecule has 6 nitrogen and oxygen atoms in total. The number of esters is 1. The largest absolute Gasteiger partial charge is 0.733 e. The molecule has 0 amide bonds. The second-order valence-corrected chi connectivity index (χ2v) is 7.29. The van der Waals surface area contributed by atoms with Gasteiger partial charge in [-0.25, -0.2) is 0 Å². The number of H-pyrrole nitrogens is 1. The molecule has 156 valence electrons. The van der Waals surface area contributed by atoms with Gasteiger partial charge < -0.3 is 20.2 Å². The molecule has 0 radical (unpaired) electrons. The number of rotatable bonds is 5. The third-order valence-electron chi connectivity index (χ3n) is 4.73. The Morgan fingerprint density at radius 1 is 1.10 bits per heavy atom. The second-order valence-electron chi connectivity index (χ2n) is 6.88. The van der Waals surface area contributed by atoms with Gasteiger partial charge in [0.2, 0.25) is 0 Å². The molecule has 1 heterocycles. The van der Waals surface area contributed by atoms with Crippen molar-refractivity contribution in [1.82, 2.24) is 4.98 Å². The Kier molecular flexibility index (Phi) is 5.77. The molecular weight excluding hydrogens is 416 g/mol. The van der Waals surface area contributed by atoms with Crippen LogP contribution in [0.1, 0.15) is 18.1 Å². The topological polar surface area (TPSA) is 88.6 Å². The molecule has 7 heteroatoms. The zero-order valence-electron chi connectivity index (χ0n) is 16.5. The highest BCUT2D eigenvalue weighted by molar-refractivity contribution is 6.52. The average molecular weight is 434 g/mol. The SMILES string of the molecule is CC(=O)Oc1c(-c2ccccc2)[nH]c2cc(N([O-])O)c(/C(Cl)=C/c3ccccc3)cc12. The van der Waals surface area contributed by atoms with E-state index < -0.39 is 5.97 Å². The number of benzene rings is 3. The van der Waals surface area contributed by atoms with Crippen LogP contribution in [-0.2, 0) is 4.79 Å². The Morgan fingerprint density at radius 3 is 2.35 bits per heavy atom. The van der Waals surface area contributed by atoms with Gasteiger partial charge in [0.25, 0.3) is 0 Å². The van der Waals surface area contributed by atoms with E-state index in [-0.39, 0.29) is 15.9 Å². The van der Waals surface area contributed by atoms with E-state index in [4.69, 9.17) is 16.3 Å². The van der Waals surface area contributed by atoms with Gasteiger partial charge in [-0.3, -0.25) is 10.0 Å². The third kappa shape index (κ3) is 4.32. The highest BCUT2D eigenvalue weighted by atomic mass is 35.5. The van der Waals surface area contributed by atoms with E-state index in [0.717, 1.165) is 11.1 Å². The number of ether oxygens (including phenoxy) is 1. The van der Waals surface area contributed by atoms with E-state index >= 15 is 0 Å². The van der Waals surface area contributed by atoms with Gasteiger partial charge in [0, 0.05) is 23.4 Å². The molecule has 0 fully saturated rings. The average Bonchev–Trinajstić information content (AvgIpc) is 3.11. The molecule has 0 aliphatic heterocycles. The first-order chi connectivity index (χ1) is 14.9. The number of hydrogen-bond acceptors (Lipinski definition) is 5. The van der Waals surface area contributed by atoms with Crippen molar-refractivity contribution < 1.29 is 14.7 Å². The van der Waals surface area contributed by atoms with Crippen molar-refractivity contribution >= 4 is 45.3 Å². The molecule has 3 aromatic carbocycles. The molecule has 31 heavy (non-hydrogen) atoms. The molecule has 0 atom stereocenters. The number of aromatic nitrogens is 1. The monoisotopic (exact) mass is 433 g/mol. The first-order valence-corrected chi connectivity index (χ1v) is 9.84. The van der Waals surface area contributed by atoms with E-state index in [9.17, 15) is 15.2 Å². The molecule has 0 bridgehead atoms. The zero-order valence-corrected chi connectivity index (χ0v) is 17.3. The van der Waals surface area contributed by atoms with Crippen molar-refractivity contribution in [2.24, 2.45) is 0 Å². The Hall–Kier alpha value is -3.58. The van der Waals surface area contributed by atoms with Crippen molar-refractivity contribution in [2.75, 3.05) is 5.23 Å². The summed E-state index contributed by atoms with van der Waals surface area (Å²) in [5, 5.41) is 22.2. The fraction of sp³-hybridized carbons (Fsp3) is 0.0417. The number of halogens is 1. The molecule has 0 saturated heterocycles. The van der Waals surface area contributed by atoms with Crippen LogP contribution in [0.2, 0.25) is 0 Å². The maximum absolute atomic E-state index is 11.9. The summed E-state index contributed by atoms with van der Waals surface area (Å²) in [7, 11) is 0. The summed E-state index contributed by atoms with van der Waals surface area (Å²) < 4.78 is 5.52. The quantitative estimate of drug-likeness (QED) is 0.222. The first kappa shape index (κ1) is 20.7. The van der Waals surface area contributed by atoms with E-state index in [1.165, 1.54) is 13.0 Å². The van der Waals surface area contributed by atoms with Gasteiger partial charge in [-0.2, -0.15) is 0 Å². The minimum atomic E-state index is -0.484. The third-order valence-corrected chi connectivity index (χ3v) is 5.04. The van der Waals surface area contributed by atoms with Crippen molar-refractivity contribution in [3.8, 4) is 17.0 Å². The van der Waals surface area contributed by atoms with Crippen molar-refractivity contribution in [1.29, 1.82) is 0 Å². The van der Waals surface area contributed by atoms with Gasteiger partial charge in [-0.1, -0.05) is 72.3 Å². The number of carbonyl (C=O) groups is 1.